The minimum Gasteiger partial charge on any atom is -0.359 e. The first-order valence-electron chi connectivity index (χ1n) is 8.23. The molecule has 6 nitrogen and oxygen atoms in total. The lowest BCUT2D eigenvalue weighted by atomic mass is 10.1. The number of rotatable bonds is 6. The van der Waals surface area contributed by atoms with E-state index in [0.29, 0.717) is 24.9 Å². The average Bonchev–Trinajstić information content (AvgIpc) is 3.01. The molecule has 2 aliphatic rings. The standard InChI is InChI=1S/C16H23N3O3/c1-2-17-15(20)14-9-13(22-18-14)10-19(12-5-3-4-6-12)16(21)11-7-8-11/h9,11-12H,2-8,10H2,1H3,(H,17,20). The number of hydrogen-bond acceptors (Lipinski definition) is 4. The third kappa shape index (κ3) is 3.31. The van der Waals surface area contributed by atoms with E-state index in [9.17, 15) is 9.59 Å². The monoisotopic (exact) mass is 305 g/mol. The van der Waals surface area contributed by atoms with Crippen molar-refractivity contribution in [3.63, 3.8) is 0 Å². The molecule has 0 spiro atoms. The average molecular weight is 305 g/mol. The van der Waals surface area contributed by atoms with Crippen LogP contribution in [0, 0.1) is 5.92 Å². The van der Waals surface area contributed by atoms with E-state index in [1.807, 2.05) is 11.8 Å². The molecule has 2 fully saturated rings. The van der Waals surface area contributed by atoms with Gasteiger partial charge in [-0.05, 0) is 32.6 Å². The van der Waals surface area contributed by atoms with E-state index in [2.05, 4.69) is 10.5 Å². The summed E-state index contributed by atoms with van der Waals surface area (Å²) in [6.45, 7) is 2.83. The zero-order valence-corrected chi connectivity index (χ0v) is 13.0. The Morgan fingerprint density at radius 1 is 1.32 bits per heavy atom. The second-order valence-corrected chi connectivity index (χ2v) is 6.22. The Morgan fingerprint density at radius 3 is 2.68 bits per heavy atom. The first kappa shape index (κ1) is 15.1. The van der Waals surface area contributed by atoms with Gasteiger partial charge in [0.15, 0.2) is 11.5 Å². The fourth-order valence-electron chi connectivity index (χ4n) is 3.08. The highest BCUT2D eigenvalue weighted by molar-refractivity contribution is 5.92. The summed E-state index contributed by atoms with van der Waals surface area (Å²) >= 11 is 0. The molecular weight excluding hydrogens is 282 g/mol. The van der Waals surface area contributed by atoms with Crippen LogP contribution in [0.3, 0.4) is 0 Å². The summed E-state index contributed by atoms with van der Waals surface area (Å²) in [7, 11) is 0. The van der Waals surface area contributed by atoms with Crippen molar-refractivity contribution >= 4 is 11.8 Å². The lowest BCUT2D eigenvalue weighted by Crippen LogP contribution is -2.39. The Balaban J connectivity index is 1.69. The summed E-state index contributed by atoms with van der Waals surface area (Å²) in [5, 5.41) is 6.50. The molecule has 1 aromatic rings. The highest BCUT2D eigenvalue weighted by Gasteiger charge is 2.37. The first-order valence-corrected chi connectivity index (χ1v) is 8.23. The SMILES string of the molecule is CCNC(=O)c1cc(CN(C(=O)C2CC2)C2CCCC2)on1. The summed E-state index contributed by atoms with van der Waals surface area (Å²) in [6.07, 6.45) is 6.50. The van der Waals surface area contributed by atoms with Gasteiger partial charge in [0, 0.05) is 24.6 Å². The van der Waals surface area contributed by atoms with E-state index in [4.69, 9.17) is 4.52 Å². The zero-order chi connectivity index (χ0) is 15.5. The second-order valence-electron chi connectivity index (χ2n) is 6.22. The molecule has 0 aromatic carbocycles. The number of carbonyl (C=O) groups is 2. The minimum atomic E-state index is -0.238. The maximum atomic E-state index is 12.5. The van der Waals surface area contributed by atoms with Gasteiger partial charge < -0.3 is 14.7 Å². The van der Waals surface area contributed by atoms with Gasteiger partial charge in [-0.3, -0.25) is 9.59 Å². The Hall–Kier alpha value is -1.85. The van der Waals surface area contributed by atoms with Crippen molar-refractivity contribution in [2.75, 3.05) is 6.54 Å². The normalized spacial score (nSPS) is 18.4. The van der Waals surface area contributed by atoms with Crippen molar-refractivity contribution in [3.05, 3.63) is 17.5 Å². The Kier molecular flexibility index (Phi) is 4.45. The summed E-state index contributed by atoms with van der Waals surface area (Å²) in [5.74, 6) is 0.787. The molecule has 0 radical (unpaired) electrons. The van der Waals surface area contributed by atoms with Crippen LogP contribution in [0.1, 0.15) is 61.7 Å². The molecule has 3 rings (SSSR count). The fraction of sp³-hybridized carbons (Fsp3) is 0.688. The predicted molar refractivity (Wildman–Crippen MR) is 80.0 cm³/mol. The van der Waals surface area contributed by atoms with E-state index in [-0.39, 0.29) is 23.4 Å². The number of nitrogens with one attached hydrogen (secondary N) is 1. The number of carbonyl (C=O) groups excluding carboxylic acids is 2. The molecule has 0 bridgehead atoms. The molecule has 6 heteroatoms. The molecular formula is C16H23N3O3. The van der Waals surface area contributed by atoms with Crippen molar-refractivity contribution in [2.45, 2.75) is 58.0 Å². The van der Waals surface area contributed by atoms with Gasteiger partial charge in [-0.25, -0.2) is 0 Å². The molecule has 0 saturated heterocycles. The quantitative estimate of drug-likeness (QED) is 0.873. The number of aromatic nitrogens is 1. The lowest BCUT2D eigenvalue weighted by molar-refractivity contribution is -0.135. The Morgan fingerprint density at radius 2 is 2.05 bits per heavy atom. The van der Waals surface area contributed by atoms with Crippen LogP contribution in [-0.2, 0) is 11.3 Å². The van der Waals surface area contributed by atoms with Gasteiger partial charge in [0.1, 0.15) is 0 Å². The molecule has 2 aliphatic carbocycles. The third-order valence-electron chi connectivity index (χ3n) is 4.43. The van der Waals surface area contributed by atoms with Crippen molar-refractivity contribution < 1.29 is 14.1 Å². The lowest BCUT2D eigenvalue weighted by Gasteiger charge is -2.28. The van der Waals surface area contributed by atoms with Crippen molar-refractivity contribution in [2.24, 2.45) is 5.92 Å². The Bertz CT molecular complexity index is 545. The topological polar surface area (TPSA) is 75.4 Å². The highest BCUT2D eigenvalue weighted by atomic mass is 16.5. The van der Waals surface area contributed by atoms with Gasteiger partial charge >= 0.3 is 0 Å². The van der Waals surface area contributed by atoms with E-state index in [0.717, 1.165) is 25.7 Å². The summed E-state index contributed by atoms with van der Waals surface area (Å²) < 4.78 is 5.27. The van der Waals surface area contributed by atoms with Crippen LogP contribution in [0.4, 0.5) is 0 Å². The zero-order valence-electron chi connectivity index (χ0n) is 13.0. The maximum absolute atomic E-state index is 12.5. The molecule has 120 valence electrons. The van der Waals surface area contributed by atoms with Crippen LogP contribution in [0.15, 0.2) is 10.6 Å². The predicted octanol–water partition coefficient (Wildman–Crippen LogP) is 2.11. The van der Waals surface area contributed by atoms with Gasteiger partial charge in [-0.1, -0.05) is 18.0 Å². The van der Waals surface area contributed by atoms with Crippen LogP contribution in [-0.4, -0.2) is 34.5 Å². The van der Waals surface area contributed by atoms with Crippen LogP contribution in [0.5, 0.6) is 0 Å². The molecule has 1 heterocycles. The number of hydrogen-bond donors (Lipinski definition) is 1. The molecule has 1 aromatic heterocycles. The smallest absolute Gasteiger partial charge is 0.273 e. The van der Waals surface area contributed by atoms with Crippen molar-refractivity contribution in [1.82, 2.24) is 15.4 Å². The van der Waals surface area contributed by atoms with Crippen LogP contribution in [0.25, 0.3) is 0 Å². The van der Waals surface area contributed by atoms with E-state index >= 15 is 0 Å². The summed E-state index contributed by atoms with van der Waals surface area (Å²) in [4.78, 5) is 26.2. The van der Waals surface area contributed by atoms with Gasteiger partial charge in [0.2, 0.25) is 5.91 Å². The third-order valence-corrected chi connectivity index (χ3v) is 4.43. The number of nitrogens with zero attached hydrogens (tertiary/aromatic N) is 2. The van der Waals surface area contributed by atoms with Gasteiger partial charge in [-0.15, -0.1) is 0 Å². The summed E-state index contributed by atoms with van der Waals surface area (Å²) in [5.41, 5.74) is 0.280. The molecule has 22 heavy (non-hydrogen) atoms. The molecule has 1 N–H and O–H groups in total. The van der Waals surface area contributed by atoms with E-state index < -0.39 is 0 Å². The maximum Gasteiger partial charge on any atom is 0.273 e. The molecule has 2 saturated carbocycles. The first-order chi connectivity index (χ1) is 10.7. The number of amides is 2. The van der Waals surface area contributed by atoms with Crippen LogP contribution >= 0.6 is 0 Å². The van der Waals surface area contributed by atoms with Crippen LogP contribution in [0.2, 0.25) is 0 Å². The van der Waals surface area contributed by atoms with Gasteiger partial charge in [0.25, 0.3) is 5.91 Å². The van der Waals surface area contributed by atoms with Crippen molar-refractivity contribution in [1.29, 1.82) is 0 Å². The van der Waals surface area contributed by atoms with E-state index in [1.165, 1.54) is 12.8 Å². The van der Waals surface area contributed by atoms with E-state index in [1.54, 1.807) is 6.07 Å². The Labute approximate surface area is 130 Å². The minimum absolute atomic E-state index is 0.200. The summed E-state index contributed by atoms with van der Waals surface area (Å²) in [6, 6.07) is 1.96. The van der Waals surface area contributed by atoms with Crippen LogP contribution < -0.4 is 5.32 Å². The highest BCUT2D eigenvalue weighted by Crippen LogP contribution is 2.35. The molecule has 0 unspecified atom stereocenters. The van der Waals surface area contributed by atoms with Crippen molar-refractivity contribution in [3.8, 4) is 0 Å². The molecule has 0 aliphatic heterocycles. The van der Waals surface area contributed by atoms with Gasteiger partial charge in [0.05, 0.1) is 6.54 Å². The van der Waals surface area contributed by atoms with Gasteiger partial charge in [-0.2, -0.15) is 0 Å². The largest absolute Gasteiger partial charge is 0.359 e. The molecule has 2 amide bonds. The second kappa shape index (κ2) is 6.50. The molecule has 0 atom stereocenters. The fourth-order valence-corrected chi connectivity index (χ4v) is 3.08.